The van der Waals surface area contributed by atoms with Gasteiger partial charge in [-0.25, -0.2) is 0 Å². The largest absolute Gasteiger partial charge is 0.393 e. The SMILES string of the molecule is CC(=C/C=C/C(C)=C/C=C/C=C(C)/C=C/C=C(C)\C=C\[C@H]1[C@H](C)[C@@H](O)CCC1(C)C)/C=C/[C@H]1[C@H](C)[C@@H](O)CCC1(C)C. The third kappa shape index (κ3) is 11.3. The van der Waals surface area contributed by atoms with Crippen molar-refractivity contribution in [3.8, 4) is 0 Å². The summed E-state index contributed by atoms with van der Waals surface area (Å²) >= 11 is 0. The van der Waals surface area contributed by atoms with Crippen LogP contribution in [0.2, 0.25) is 0 Å². The fourth-order valence-corrected chi connectivity index (χ4v) is 6.52. The van der Waals surface area contributed by atoms with Gasteiger partial charge in [-0.2, -0.15) is 0 Å². The van der Waals surface area contributed by atoms with Gasteiger partial charge in [-0.1, -0.05) is 149 Å². The van der Waals surface area contributed by atoms with E-state index in [0.717, 1.165) is 25.7 Å². The summed E-state index contributed by atoms with van der Waals surface area (Å²) in [7, 11) is 0. The molecule has 0 aromatic carbocycles. The van der Waals surface area contributed by atoms with Gasteiger partial charge in [-0.05, 0) is 87.9 Å². The number of aliphatic hydroxyl groups excluding tert-OH is 2. The predicted molar refractivity (Wildman–Crippen MR) is 184 cm³/mol. The number of rotatable bonds is 10. The van der Waals surface area contributed by atoms with Crippen LogP contribution in [0.25, 0.3) is 0 Å². The molecule has 2 aliphatic rings. The summed E-state index contributed by atoms with van der Waals surface area (Å²) in [5.41, 5.74) is 5.27. The van der Waals surface area contributed by atoms with Gasteiger partial charge in [0.2, 0.25) is 0 Å². The Balaban J connectivity index is 1.88. The topological polar surface area (TPSA) is 40.5 Å². The van der Waals surface area contributed by atoms with Gasteiger partial charge in [0.1, 0.15) is 0 Å². The lowest BCUT2D eigenvalue weighted by atomic mass is 9.63. The Labute approximate surface area is 258 Å². The maximum absolute atomic E-state index is 10.3. The van der Waals surface area contributed by atoms with E-state index in [1.165, 1.54) is 22.3 Å². The lowest BCUT2D eigenvalue weighted by Gasteiger charge is -2.44. The molecule has 0 aromatic rings. The molecule has 0 radical (unpaired) electrons. The lowest BCUT2D eigenvalue weighted by molar-refractivity contribution is -0.00432. The minimum atomic E-state index is -0.194. The Morgan fingerprint density at radius 2 is 0.833 bits per heavy atom. The number of hydrogen-bond acceptors (Lipinski definition) is 2. The molecule has 2 N–H and O–H groups in total. The standard InChI is InChI=1S/C40H60O2/c1-29(17-13-19-31(3)21-23-35-33(5)37(41)25-27-39(35,7)8)15-11-12-16-30(2)18-14-20-32(4)22-24-36-34(6)38(42)26-28-40(36,9)10/h11-24,33-38,41-42H,25-28H2,1-10H3/b12-11+,17-13+,18-14+,23-21+,24-22+,29-15+,30-16+,31-19-,32-20-/t33-,34-,35-,36-,37-,38-/m0/s1. The van der Waals surface area contributed by atoms with Crippen LogP contribution >= 0.6 is 0 Å². The van der Waals surface area contributed by atoms with Crippen LogP contribution in [-0.2, 0) is 0 Å². The van der Waals surface area contributed by atoms with Gasteiger partial charge in [0.25, 0.3) is 0 Å². The molecule has 2 heteroatoms. The monoisotopic (exact) mass is 572 g/mol. The maximum Gasteiger partial charge on any atom is 0.0571 e. The molecule has 0 aromatic heterocycles. The molecule has 2 aliphatic carbocycles. The van der Waals surface area contributed by atoms with E-state index >= 15 is 0 Å². The first-order valence-corrected chi connectivity index (χ1v) is 16.1. The molecular formula is C40H60O2. The van der Waals surface area contributed by atoms with E-state index in [1.54, 1.807) is 0 Å². The van der Waals surface area contributed by atoms with E-state index in [9.17, 15) is 10.2 Å². The van der Waals surface area contributed by atoms with Crippen molar-refractivity contribution in [2.75, 3.05) is 0 Å². The Morgan fingerprint density at radius 3 is 1.19 bits per heavy atom. The lowest BCUT2D eigenvalue weighted by Crippen LogP contribution is -2.40. The predicted octanol–water partition coefficient (Wildman–Crippen LogP) is 10.4. The molecule has 6 atom stereocenters. The zero-order valence-electron chi connectivity index (χ0n) is 28.3. The van der Waals surface area contributed by atoms with Crippen LogP contribution in [0.1, 0.15) is 94.9 Å². The summed E-state index contributed by atoms with van der Waals surface area (Å²) in [6.45, 7) is 22.1. The van der Waals surface area contributed by atoms with Crippen molar-refractivity contribution >= 4 is 0 Å². The second kappa shape index (κ2) is 16.4. The van der Waals surface area contributed by atoms with E-state index in [-0.39, 0.29) is 23.0 Å². The van der Waals surface area contributed by atoms with E-state index in [2.05, 4.69) is 154 Å². The van der Waals surface area contributed by atoms with Gasteiger partial charge in [0.05, 0.1) is 12.2 Å². The number of hydrogen-bond donors (Lipinski definition) is 2. The highest BCUT2D eigenvalue weighted by molar-refractivity contribution is 5.32. The normalized spacial score (nSPS) is 31.9. The molecule has 0 spiro atoms. The van der Waals surface area contributed by atoms with Crippen LogP contribution in [-0.4, -0.2) is 22.4 Å². The molecule has 0 saturated heterocycles. The van der Waals surface area contributed by atoms with Gasteiger partial charge in [-0.15, -0.1) is 0 Å². The highest BCUT2D eigenvalue weighted by Crippen LogP contribution is 2.45. The number of aliphatic hydroxyl groups is 2. The van der Waals surface area contributed by atoms with E-state index in [0.29, 0.717) is 23.7 Å². The Bertz CT molecular complexity index is 1050. The van der Waals surface area contributed by atoms with Crippen molar-refractivity contribution in [1.29, 1.82) is 0 Å². The van der Waals surface area contributed by atoms with Crippen LogP contribution in [0.5, 0.6) is 0 Å². The van der Waals surface area contributed by atoms with Crippen LogP contribution in [0.4, 0.5) is 0 Å². The molecule has 232 valence electrons. The Morgan fingerprint density at radius 1 is 0.524 bits per heavy atom. The molecule has 0 bridgehead atoms. The molecule has 0 amide bonds. The second-order valence-electron chi connectivity index (χ2n) is 14.4. The summed E-state index contributed by atoms with van der Waals surface area (Å²) in [6.07, 6.45) is 33.8. The van der Waals surface area contributed by atoms with Crippen LogP contribution in [0, 0.1) is 34.5 Å². The molecule has 0 aliphatic heterocycles. The average molecular weight is 573 g/mol. The summed E-state index contributed by atoms with van der Waals surface area (Å²) in [6, 6.07) is 0. The van der Waals surface area contributed by atoms with Gasteiger partial charge in [0, 0.05) is 0 Å². The molecule has 0 unspecified atom stereocenters. The Kier molecular flexibility index (Phi) is 14.0. The highest BCUT2D eigenvalue weighted by atomic mass is 16.3. The van der Waals surface area contributed by atoms with Gasteiger partial charge >= 0.3 is 0 Å². The molecule has 42 heavy (non-hydrogen) atoms. The van der Waals surface area contributed by atoms with Gasteiger partial charge in [-0.3, -0.25) is 0 Å². The van der Waals surface area contributed by atoms with Crippen molar-refractivity contribution in [2.24, 2.45) is 34.5 Å². The summed E-state index contributed by atoms with van der Waals surface area (Å²) in [5, 5.41) is 20.6. The summed E-state index contributed by atoms with van der Waals surface area (Å²) < 4.78 is 0. The minimum absolute atomic E-state index is 0.194. The highest BCUT2D eigenvalue weighted by Gasteiger charge is 2.40. The Hall–Kier alpha value is -2.42. The fraction of sp³-hybridized carbons (Fsp3) is 0.550. The van der Waals surface area contributed by atoms with Crippen molar-refractivity contribution in [2.45, 2.75) is 107 Å². The first-order chi connectivity index (χ1) is 19.6. The van der Waals surface area contributed by atoms with Crippen molar-refractivity contribution < 1.29 is 10.2 Å². The molecule has 2 fully saturated rings. The van der Waals surface area contributed by atoms with Crippen molar-refractivity contribution in [3.05, 3.63) is 107 Å². The first-order valence-electron chi connectivity index (χ1n) is 16.1. The average Bonchev–Trinajstić information content (AvgIpc) is 2.91. The molecule has 2 rings (SSSR count). The van der Waals surface area contributed by atoms with Gasteiger partial charge < -0.3 is 10.2 Å². The quantitative estimate of drug-likeness (QED) is 0.256. The molecular weight excluding hydrogens is 512 g/mol. The van der Waals surface area contributed by atoms with Crippen molar-refractivity contribution in [1.82, 2.24) is 0 Å². The van der Waals surface area contributed by atoms with Crippen molar-refractivity contribution in [3.63, 3.8) is 0 Å². The zero-order chi connectivity index (χ0) is 31.5. The molecule has 2 saturated carbocycles. The maximum atomic E-state index is 10.3. The minimum Gasteiger partial charge on any atom is -0.393 e. The summed E-state index contributed by atoms with van der Waals surface area (Å²) in [4.78, 5) is 0. The number of allylic oxidation sites excluding steroid dienone is 18. The van der Waals surface area contributed by atoms with E-state index in [1.807, 2.05) is 0 Å². The molecule has 0 heterocycles. The third-order valence-corrected chi connectivity index (χ3v) is 9.72. The second-order valence-corrected chi connectivity index (χ2v) is 14.4. The molecule has 2 nitrogen and oxygen atoms in total. The summed E-state index contributed by atoms with van der Waals surface area (Å²) in [5.74, 6) is 1.37. The van der Waals surface area contributed by atoms with E-state index in [4.69, 9.17) is 0 Å². The van der Waals surface area contributed by atoms with Crippen LogP contribution in [0.3, 0.4) is 0 Å². The zero-order valence-corrected chi connectivity index (χ0v) is 28.3. The first kappa shape index (κ1) is 35.8. The smallest absolute Gasteiger partial charge is 0.0571 e. The van der Waals surface area contributed by atoms with Crippen LogP contribution < -0.4 is 0 Å². The fourth-order valence-electron chi connectivity index (χ4n) is 6.52. The van der Waals surface area contributed by atoms with Gasteiger partial charge in [0.15, 0.2) is 0 Å². The van der Waals surface area contributed by atoms with E-state index < -0.39 is 0 Å². The van der Waals surface area contributed by atoms with Crippen LogP contribution in [0.15, 0.2) is 107 Å². The third-order valence-electron chi connectivity index (χ3n) is 9.72.